The first-order valence-corrected chi connectivity index (χ1v) is 13.0. The van der Waals surface area contributed by atoms with E-state index in [1.165, 1.54) is 12.8 Å². The molecule has 6 nitrogen and oxygen atoms in total. The van der Waals surface area contributed by atoms with Crippen molar-refractivity contribution in [3.63, 3.8) is 0 Å². The highest BCUT2D eigenvalue weighted by Gasteiger charge is 2.48. The van der Waals surface area contributed by atoms with Gasteiger partial charge < -0.3 is 19.5 Å². The van der Waals surface area contributed by atoms with E-state index < -0.39 is 5.54 Å². The summed E-state index contributed by atoms with van der Waals surface area (Å²) in [6.07, 6.45) is 6.71. The van der Waals surface area contributed by atoms with Crippen molar-refractivity contribution < 1.29 is 14.3 Å². The Morgan fingerprint density at radius 3 is 2.28 bits per heavy atom. The smallest absolute Gasteiger partial charge is 0.271 e. The monoisotopic (exact) mass is 485 g/mol. The van der Waals surface area contributed by atoms with Crippen molar-refractivity contribution >= 4 is 11.8 Å². The zero-order valence-electron chi connectivity index (χ0n) is 21.2. The Morgan fingerprint density at radius 2 is 1.61 bits per heavy atom. The molecule has 1 atom stereocenters. The highest BCUT2D eigenvalue weighted by molar-refractivity contribution is 6.00. The molecule has 0 bridgehead atoms. The van der Waals surface area contributed by atoms with E-state index in [1.54, 1.807) is 12.0 Å². The topological polar surface area (TPSA) is 63.6 Å². The van der Waals surface area contributed by atoms with Crippen LogP contribution in [0.2, 0.25) is 0 Å². The van der Waals surface area contributed by atoms with Crippen molar-refractivity contribution in [2.75, 3.05) is 7.11 Å². The Balaban J connectivity index is 1.51. The van der Waals surface area contributed by atoms with Gasteiger partial charge in [-0.05, 0) is 55.2 Å². The molecule has 6 heteroatoms. The van der Waals surface area contributed by atoms with E-state index in [2.05, 4.69) is 5.32 Å². The lowest BCUT2D eigenvalue weighted by Crippen LogP contribution is -2.64. The number of aromatic nitrogens is 1. The summed E-state index contributed by atoms with van der Waals surface area (Å²) in [4.78, 5) is 29.7. The van der Waals surface area contributed by atoms with Crippen LogP contribution >= 0.6 is 0 Å². The number of hydrogen-bond acceptors (Lipinski definition) is 3. The molecule has 1 aliphatic carbocycles. The Morgan fingerprint density at radius 1 is 0.944 bits per heavy atom. The maximum Gasteiger partial charge on any atom is 0.271 e. The maximum atomic E-state index is 14.0. The summed E-state index contributed by atoms with van der Waals surface area (Å²) in [5.41, 5.74) is 2.53. The molecule has 2 amide bonds. The third kappa shape index (κ3) is 4.64. The summed E-state index contributed by atoms with van der Waals surface area (Å²) in [5.74, 6) is 0.561. The van der Waals surface area contributed by atoms with Crippen LogP contribution in [0.4, 0.5) is 0 Å². The lowest BCUT2D eigenvalue weighted by molar-refractivity contribution is -0.134. The molecule has 0 spiro atoms. The van der Waals surface area contributed by atoms with Crippen molar-refractivity contribution in [1.29, 1.82) is 0 Å². The van der Waals surface area contributed by atoms with Gasteiger partial charge in [0, 0.05) is 18.3 Å². The van der Waals surface area contributed by atoms with E-state index in [9.17, 15) is 9.59 Å². The molecule has 0 saturated heterocycles. The summed E-state index contributed by atoms with van der Waals surface area (Å²) in [5, 5.41) is 3.34. The van der Waals surface area contributed by atoms with Gasteiger partial charge in [-0.15, -0.1) is 0 Å². The molecule has 1 fully saturated rings. The van der Waals surface area contributed by atoms with Gasteiger partial charge in [0.25, 0.3) is 5.91 Å². The largest absolute Gasteiger partial charge is 0.497 e. The molecule has 2 aromatic carbocycles. The Labute approximate surface area is 213 Å². The minimum absolute atomic E-state index is 0.0744. The molecule has 3 aromatic rings. The van der Waals surface area contributed by atoms with Crippen molar-refractivity contribution in [2.24, 2.45) is 0 Å². The zero-order valence-corrected chi connectivity index (χ0v) is 21.2. The number of benzene rings is 2. The minimum atomic E-state index is -1.03. The first kappa shape index (κ1) is 24.2. The second-order valence-corrected chi connectivity index (χ2v) is 10.2. The quantitative estimate of drug-likeness (QED) is 0.475. The molecule has 1 aromatic heterocycles. The van der Waals surface area contributed by atoms with Crippen LogP contribution in [0.1, 0.15) is 61.5 Å². The molecule has 1 aliphatic heterocycles. The number of carbonyl (C=O) groups is 2. The van der Waals surface area contributed by atoms with Crippen LogP contribution in [-0.4, -0.2) is 40.0 Å². The van der Waals surface area contributed by atoms with Gasteiger partial charge in [-0.2, -0.15) is 0 Å². The predicted octanol–water partition coefficient (Wildman–Crippen LogP) is 5.42. The van der Waals surface area contributed by atoms with Crippen LogP contribution < -0.4 is 10.1 Å². The van der Waals surface area contributed by atoms with Gasteiger partial charge in [0.15, 0.2) is 0 Å². The fourth-order valence-corrected chi connectivity index (χ4v) is 5.56. The van der Waals surface area contributed by atoms with Gasteiger partial charge in [0.2, 0.25) is 5.91 Å². The number of fused-ring (bicyclic) bond motifs is 1. The van der Waals surface area contributed by atoms with E-state index in [1.807, 2.05) is 78.2 Å². The molecular weight excluding hydrogens is 450 g/mol. The molecule has 2 aliphatic rings. The summed E-state index contributed by atoms with van der Waals surface area (Å²) in [7, 11) is 1.64. The number of hydrogen-bond donors (Lipinski definition) is 1. The zero-order chi connectivity index (χ0) is 25.1. The number of carbonyl (C=O) groups excluding carboxylic acids is 2. The van der Waals surface area contributed by atoms with Crippen molar-refractivity contribution in [3.8, 4) is 17.0 Å². The number of nitrogens with one attached hydrogen (secondary N) is 1. The second kappa shape index (κ2) is 10.2. The number of ether oxygens (including phenoxy) is 1. The lowest BCUT2D eigenvalue weighted by Gasteiger charge is -2.45. The molecule has 1 N–H and O–H groups in total. The number of rotatable bonds is 6. The van der Waals surface area contributed by atoms with Crippen molar-refractivity contribution in [1.82, 2.24) is 14.8 Å². The van der Waals surface area contributed by atoms with E-state index in [-0.39, 0.29) is 17.9 Å². The first-order valence-electron chi connectivity index (χ1n) is 13.0. The number of nitrogens with zero attached hydrogens (tertiary/aromatic N) is 2. The molecule has 5 rings (SSSR count). The van der Waals surface area contributed by atoms with Crippen LogP contribution in [0.3, 0.4) is 0 Å². The fraction of sp³-hybridized carbons (Fsp3) is 0.400. The van der Waals surface area contributed by atoms with Gasteiger partial charge in [-0.25, -0.2) is 0 Å². The van der Waals surface area contributed by atoms with Crippen LogP contribution in [0, 0.1) is 0 Å². The minimum Gasteiger partial charge on any atom is -0.497 e. The van der Waals surface area contributed by atoms with E-state index >= 15 is 0 Å². The van der Waals surface area contributed by atoms with E-state index in [4.69, 9.17) is 4.74 Å². The summed E-state index contributed by atoms with van der Waals surface area (Å²) >= 11 is 0. The predicted molar refractivity (Wildman–Crippen MR) is 141 cm³/mol. The average molecular weight is 486 g/mol. The molecule has 2 heterocycles. The maximum absolute atomic E-state index is 14.0. The third-order valence-electron chi connectivity index (χ3n) is 7.76. The van der Waals surface area contributed by atoms with Crippen LogP contribution in [-0.2, 0) is 17.9 Å². The van der Waals surface area contributed by atoms with Crippen molar-refractivity contribution in [3.05, 3.63) is 78.0 Å². The van der Waals surface area contributed by atoms with E-state index in [0.29, 0.717) is 18.8 Å². The molecular formula is C30H35N3O3. The van der Waals surface area contributed by atoms with Crippen molar-refractivity contribution in [2.45, 2.75) is 70.1 Å². The fourth-order valence-electron chi connectivity index (χ4n) is 5.56. The van der Waals surface area contributed by atoms with E-state index in [0.717, 1.165) is 48.3 Å². The highest BCUT2D eigenvalue weighted by Crippen LogP contribution is 2.34. The highest BCUT2D eigenvalue weighted by atomic mass is 16.5. The van der Waals surface area contributed by atoms with Gasteiger partial charge in [-0.3, -0.25) is 9.59 Å². The molecule has 1 saturated carbocycles. The lowest BCUT2D eigenvalue weighted by atomic mass is 9.92. The summed E-state index contributed by atoms with van der Waals surface area (Å²) in [6.45, 7) is 2.67. The molecule has 36 heavy (non-hydrogen) atoms. The second-order valence-electron chi connectivity index (χ2n) is 10.2. The van der Waals surface area contributed by atoms with Gasteiger partial charge in [0.05, 0.1) is 13.7 Å². The van der Waals surface area contributed by atoms with Gasteiger partial charge >= 0.3 is 0 Å². The Bertz CT molecular complexity index is 1210. The molecule has 0 radical (unpaired) electrons. The van der Waals surface area contributed by atoms with Crippen LogP contribution in [0.5, 0.6) is 5.75 Å². The molecule has 0 unspecified atom stereocenters. The Hall–Kier alpha value is -3.54. The Kier molecular flexibility index (Phi) is 6.86. The standard InChI is InChI=1S/C30H35N3O3/c1-30(29(35)31-24-12-8-3-4-9-13-24)21-32-26(23-10-6-5-7-11-23)18-19-27(32)28(34)33(30)20-22-14-16-25(36-2)17-15-22/h5-7,10-11,14-19,24H,3-4,8-9,12-13,20-21H2,1-2H3,(H,31,35)/t30-/m1/s1. The molecule has 188 valence electrons. The number of methoxy groups -OCH3 is 1. The summed E-state index contributed by atoms with van der Waals surface area (Å²) < 4.78 is 7.32. The third-order valence-corrected chi connectivity index (χ3v) is 7.76. The van der Waals surface area contributed by atoms with Gasteiger partial charge in [-0.1, -0.05) is 68.1 Å². The van der Waals surface area contributed by atoms with Crippen LogP contribution in [0.25, 0.3) is 11.3 Å². The van der Waals surface area contributed by atoms with Crippen LogP contribution in [0.15, 0.2) is 66.7 Å². The normalized spacial score (nSPS) is 20.5. The number of amides is 2. The first-order chi connectivity index (χ1) is 17.5. The average Bonchev–Trinajstić information content (AvgIpc) is 3.15. The SMILES string of the molecule is COc1ccc(CN2C(=O)c3ccc(-c4ccccc4)n3C[C@]2(C)C(=O)NC2CCCCCC2)cc1. The summed E-state index contributed by atoms with van der Waals surface area (Å²) in [6, 6.07) is 21.8. The van der Waals surface area contributed by atoms with Gasteiger partial charge in [0.1, 0.15) is 17.0 Å².